The zero-order valence-electron chi connectivity index (χ0n) is 12.0. The third kappa shape index (κ3) is 4.51. The second kappa shape index (κ2) is 7.01. The zero-order valence-corrected chi connectivity index (χ0v) is 13.7. The van der Waals surface area contributed by atoms with Crippen molar-refractivity contribution in [2.45, 2.75) is 31.7 Å². The van der Waals surface area contributed by atoms with E-state index in [0.717, 1.165) is 24.4 Å². The minimum absolute atomic E-state index is 0.152. The summed E-state index contributed by atoms with van der Waals surface area (Å²) in [4.78, 5) is 5.10. The maximum Gasteiger partial charge on any atom is 0.266 e. The minimum atomic E-state index is -3.62. The Kier molecular flexibility index (Phi) is 5.32. The van der Waals surface area contributed by atoms with E-state index in [9.17, 15) is 8.42 Å². The van der Waals surface area contributed by atoms with Crippen molar-refractivity contribution < 1.29 is 8.42 Å². The summed E-state index contributed by atoms with van der Waals surface area (Å²) < 4.78 is 28.5. The van der Waals surface area contributed by atoms with Crippen molar-refractivity contribution in [2.24, 2.45) is 0 Å². The van der Waals surface area contributed by atoms with Gasteiger partial charge in [-0.1, -0.05) is 6.92 Å². The van der Waals surface area contributed by atoms with Crippen molar-refractivity contribution in [2.75, 3.05) is 17.8 Å². The molecule has 2 N–H and O–H groups in total. The van der Waals surface area contributed by atoms with E-state index in [4.69, 9.17) is 0 Å². The monoisotopic (exact) mass is 329 g/mol. The molecule has 0 atom stereocenters. The first-order valence-corrected chi connectivity index (χ1v) is 8.99. The number of thiazole rings is 1. The van der Waals surface area contributed by atoms with E-state index in [-0.39, 0.29) is 4.90 Å². The summed E-state index contributed by atoms with van der Waals surface area (Å²) in [7, 11) is -3.62. The normalized spacial score (nSPS) is 11.7. The molecule has 0 radical (unpaired) electrons. The molecular formula is C12H19N5O2S2. The van der Waals surface area contributed by atoms with E-state index in [1.54, 1.807) is 10.9 Å². The van der Waals surface area contributed by atoms with E-state index >= 15 is 0 Å². The van der Waals surface area contributed by atoms with Gasteiger partial charge in [0, 0.05) is 23.8 Å². The van der Waals surface area contributed by atoms with Crippen LogP contribution in [0.5, 0.6) is 0 Å². The van der Waals surface area contributed by atoms with Gasteiger partial charge < -0.3 is 5.32 Å². The molecule has 21 heavy (non-hydrogen) atoms. The lowest BCUT2D eigenvalue weighted by molar-refractivity contribution is 0.549. The van der Waals surface area contributed by atoms with Crippen LogP contribution >= 0.6 is 11.3 Å². The van der Waals surface area contributed by atoms with E-state index < -0.39 is 10.0 Å². The molecule has 0 fully saturated rings. The molecule has 2 aromatic heterocycles. The van der Waals surface area contributed by atoms with Crippen molar-refractivity contribution in [3.05, 3.63) is 23.5 Å². The molecule has 0 aliphatic carbocycles. The van der Waals surface area contributed by atoms with Gasteiger partial charge in [-0.15, -0.1) is 11.3 Å². The smallest absolute Gasteiger partial charge is 0.266 e. The molecule has 116 valence electrons. The Hall–Kier alpha value is -1.45. The zero-order chi connectivity index (χ0) is 15.3. The first-order chi connectivity index (χ1) is 10.0. The standard InChI is InChI=1S/C12H19N5O2S2/c1-3-13-5-4-6-17-9-11(8-15-17)21(18,19)16-12-14-7-10(2)20-12/h7-9,13H,3-6H2,1-2H3,(H,14,16). The topological polar surface area (TPSA) is 88.9 Å². The third-order valence-electron chi connectivity index (χ3n) is 2.75. The van der Waals surface area contributed by atoms with Gasteiger partial charge in [-0.05, 0) is 26.4 Å². The average Bonchev–Trinajstić information content (AvgIpc) is 3.04. The van der Waals surface area contributed by atoms with Crippen molar-refractivity contribution in [1.29, 1.82) is 0 Å². The summed E-state index contributed by atoms with van der Waals surface area (Å²) in [5.74, 6) is 0. The van der Waals surface area contributed by atoms with Crippen LogP contribution < -0.4 is 10.0 Å². The molecule has 7 nitrogen and oxygen atoms in total. The first kappa shape index (κ1) is 15.9. The molecule has 0 saturated carbocycles. The van der Waals surface area contributed by atoms with Gasteiger partial charge in [0.05, 0.1) is 6.20 Å². The Balaban J connectivity index is 1.98. The molecule has 0 aromatic carbocycles. The highest BCUT2D eigenvalue weighted by Crippen LogP contribution is 2.20. The van der Waals surface area contributed by atoms with E-state index in [1.165, 1.54) is 23.7 Å². The number of nitrogens with zero attached hydrogens (tertiary/aromatic N) is 3. The lowest BCUT2D eigenvalue weighted by Gasteiger charge is -2.03. The van der Waals surface area contributed by atoms with Gasteiger partial charge in [0.15, 0.2) is 5.13 Å². The van der Waals surface area contributed by atoms with Crippen molar-refractivity contribution in [1.82, 2.24) is 20.1 Å². The molecule has 0 aliphatic rings. The fourth-order valence-electron chi connectivity index (χ4n) is 1.72. The maximum atomic E-state index is 12.2. The van der Waals surface area contributed by atoms with Crippen molar-refractivity contribution in [3.8, 4) is 0 Å². The van der Waals surface area contributed by atoms with Crippen LogP contribution in [0.25, 0.3) is 0 Å². The molecule has 0 amide bonds. The Morgan fingerprint density at radius 2 is 2.19 bits per heavy atom. The highest BCUT2D eigenvalue weighted by molar-refractivity contribution is 7.93. The second-order valence-corrected chi connectivity index (χ2v) is 7.44. The van der Waals surface area contributed by atoms with Gasteiger partial charge in [0.25, 0.3) is 10.0 Å². The van der Waals surface area contributed by atoms with Crippen LogP contribution in [0.15, 0.2) is 23.5 Å². The lowest BCUT2D eigenvalue weighted by Crippen LogP contribution is -2.16. The van der Waals surface area contributed by atoms with Crippen LogP contribution in [0.4, 0.5) is 5.13 Å². The fourth-order valence-corrected chi connectivity index (χ4v) is 3.58. The summed E-state index contributed by atoms with van der Waals surface area (Å²) in [6.45, 7) is 6.41. The number of hydrogen-bond donors (Lipinski definition) is 2. The summed E-state index contributed by atoms with van der Waals surface area (Å²) in [6, 6.07) is 0. The largest absolute Gasteiger partial charge is 0.317 e. The van der Waals surface area contributed by atoms with Gasteiger partial charge in [0.1, 0.15) is 4.90 Å². The summed E-state index contributed by atoms with van der Waals surface area (Å²) >= 11 is 1.30. The van der Waals surface area contributed by atoms with E-state index in [2.05, 4.69) is 20.1 Å². The number of anilines is 1. The molecule has 0 unspecified atom stereocenters. The molecule has 0 bridgehead atoms. The quantitative estimate of drug-likeness (QED) is 0.716. The number of sulfonamides is 1. The highest BCUT2D eigenvalue weighted by Gasteiger charge is 2.18. The van der Waals surface area contributed by atoms with E-state index in [0.29, 0.717) is 11.7 Å². The van der Waals surface area contributed by atoms with Crippen LogP contribution in [0.1, 0.15) is 18.2 Å². The maximum absolute atomic E-state index is 12.2. The third-order valence-corrected chi connectivity index (χ3v) is 5.00. The molecule has 0 spiro atoms. The lowest BCUT2D eigenvalue weighted by atomic mass is 10.4. The van der Waals surface area contributed by atoms with Crippen molar-refractivity contribution in [3.63, 3.8) is 0 Å². The van der Waals surface area contributed by atoms with Crippen LogP contribution in [-0.2, 0) is 16.6 Å². The van der Waals surface area contributed by atoms with E-state index in [1.807, 2.05) is 13.8 Å². The summed E-state index contributed by atoms with van der Waals surface area (Å²) in [5, 5.41) is 7.66. The number of rotatable bonds is 8. The predicted molar refractivity (Wildman–Crippen MR) is 83.0 cm³/mol. The van der Waals surface area contributed by atoms with Gasteiger partial charge >= 0.3 is 0 Å². The van der Waals surface area contributed by atoms with Crippen LogP contribution in [0.3, 0.4) is 0 Å². The van der Waals surface area contributed by atoms with Gasteiger partial charge in [0.2, 0.25) is 0 Å². The molecule has 2 heterocycles. The summed E-state index contributed by atoms with van der Waals surface area (Å²) in [6.07, 6.45) is 5.42. The molecular weight excluding hydrogens is 310 g/mol. The van der Waals surface area contributed by atoms with Crippen LogP contribution in [0, 0.1) is 6.92 Å². The number of aryl methyl sites for hydroxylation is 2. The number of aromatic nitrogens is 3. The van der Waals surface area contributed by atoms with Gasteiger partial charge in [-0.25, -0.2) is 13.4 Å². The van der Waals surface area contributed by atoms with Crippen LogP contribution in [0.2, 0.25) is 0 Å². The van der Waals surface area contributed by atoms with Gasteiger partial charge in [-0.2, -0.15) is 5.10 Å². The van der Waals surface area contributed by atoms with Gasteiger partial charge in [-0.3, -0.25) is 9.40 Å². The molecule has 2 aromatic rings. The molecule has 0 aliphatic heterocycles. The fraction of sp³-hybridized carbons (Fsp3) is 0.500. The second-order valence-electron chi connectivity index (χ2n) is 4.53. The molecule has 2 rings (SSSR count). The summed E-state index contributed by atoms with van der Waals surface area (Å²) in [5.41, 5.74) is 0. The predicted octanol–water partition coefficient (Wildman–Crippen LogP) is 1.45. The Labute approximate surface area is 128 Å². The van der Waals surface area contributed by atoms with Crippen molar-refractivity contribution >= 4 is 26.5 Å². The SMILES string of the molecule is CCNCCCn1cc(S(=O)(=O)Nc2ncc(C)s2)cn1. The van der Waals surface area contributed by atoms with Crippen LogP contribution in [-0.4, -0.2) is 36.3 Å². The molecule has 0 saturated heterocycles. The first-order valence-electron chi connectivity index (χ1n) is 6.69. The Morgan fingerprint density at radius 1 is 1.38 bits per heavy atom. The molecule has 9 heteroatoms. The average molecular weight is 329 g/mol. The minimum Gasteiger partial charge on any atom is -0.317 e. The Morgan fingerprint density at radius 3 is 2.86 bits per heavy atom. The Bertz CT molecular complexity index is 677. The number of hydrogen-bond acceptors (Lipinski definition) is 6. The number of nitrogens with one attached hydrogen (secondary N) is 2. The highest BCUT2D eigenvalue weighted by atomic mass is 32.2.